The number of nitrogens with zero attached hydrogens (tertiary/aromatic N) is 3. The van der Waals surface area contributed by atoms with Crippen molar-refractivity contribution >= 4 is 27.4 Å². The summed E-state index contributed by atoms with van der Waals surface area (Å²) in [4.78, 5) is 14.3. The Hall–Kier alpha value is -1.20. The van der Waals surface area contributed by atoms with Gasteiger partial charge in [-0.25, -0.2) is 9.97 Å². The Morgan fingerprint density at radius 2 is 1.95 bits per heavy atom. The fourth-order valence-corrected chi connectivity index (χ4v) is 3.73. The Morgan fingerprint density at radius 3 is 2.63 bits per heavy atom. The predicted molar refractivity (Wildman–Crippen MR) is 80.9 cm³/mol. The first-order valence-electron chi connectivity index (χ1n) is 6.85. The van der Waals surface area contributed by atoms with Crippen molar-refractivity contribution < 1.29 is 0 Å². The van der Waals surface area contributed by atoms with E-state index in [0.29, 0.717) is 0 Å². The zero-order chi connectivity index (χ0) is 13.4. The molecule has 1 saturated heterocycles. The van der Waals surface area contributed by atoms with Gasteiger partial charge in [-0.2, -0.15) is 0 Å². The maximum absolute atomic E-state index is 4.75. The summed E-state index contributed by atoms with van der Waals surface area (Å²) in [5.41, 5.74) is 1.30. The molecular formula is C14H20N4S. The lowest BCUT2D eigenvalue weighted by Crippen LogP contribution is -2.20. The minimum Gasteiger partial charge on any atom is -0.372 e. The van der Waals surface area contributed by atoms with Gasteiger partial charge in [-0.15, -0.1) is 11.3 Å². The molecule has 0 aromatic carbocycles. The molecule has 5 heteroatoms. The Kier molecular flexibility index (Phi) is 3.41. The quantitative estimate of drug-likeness (QED) is 0.936. The highest BCUT2D eigenvalue weighted by Crippen LogP contribution is 2.33. The molecule has 4 nitrogen and oxygen atoms in total. The number of aromatic nitrogens is 2. The van der Waals surface area contributed by atoms with E-state index in [2.05, 4.69) is 24.1 Å². The lowest BCUT2D eigenvalue weighted by molar-refractivity contribution is 0.323. The van der Waals surface area contributed by atoms with Crippen LogP contribution in [-0.2, 0) is 6.54 Å². The van der Waals surface area contributed by atoms with Crippen LogP contribution >= 0.6 is 11.3 Å². The first-order chi connectivity index (χ1) is 9.19. The number of rotatable bonds is 3. The second-order valence-corrected chi connectivity index (χ2v) is 6.39. The van der Waals surface area contributed by atoms with Crippen molar-refractivity contribution in [2.75, 3.05) is 25.5 Å². The van der Waals surface area contributed by atoms with Crippen molar-refractivity contribution in [1.29, 1.82) is 0 Å². The van der Waals surface area contributed by atoms with Crippen molar-refractivity contribution in [3.63, 3.8) is 0 Å². The molecule has 0 spiro atoms. The van der Waals surface area contributed by atoms with E-state index in [1.807, 2.05) is 7.05 Å². The van der Waals surface area contributed by atoms with Gasteiger partial charge in [-0.1, -0.05) is 0 Å². The molecule has 1 N–H and O–H groups in total. The van der Waals surface area contributed by atoms with Crippen LogP contribution in [0, 0.1) is 13.8 Å². The molecule has 0 unspecified atom stereocenters. The van der Waals surface area contributed by atoms with Gasteiger partial charge in [-0.05, 0) is 45.3 Å². The van der Waals surface area contributed by atoms with Crippen LogP contribution in [0.25, 0.3) is 10.2 Å². The molecule has 1 aliphatic rings. The minimum absolute atomic E-state index is 0.876. The summed E-state index contributed by atoms with van der Waals surface area (Å²) in [5.74, 6) is 1.92. The Morgan fingerprint density at radius 1 is 1.21 bits per heavy atom. The van der Waals surface area contributed by atoms with Crippen molar-refractivity contribution in [2.24, 2.45) is 0 Å². The molecule has 0 amide bonds. The highest BCUT2D eigenvalue weighted by atomic mass is 32.1. The van der Waals surface area contributed by atoms with Gasteiger partial charge >= 0.3 is 0 Å². The van der Waals surface area contributed by atoms with Crippen LogP contribution in [0.15, 0.2) is 0 Å². The molecule has 0 aliphatic carbocycles. The van der Waals surface area contributed by atoms with Crippen molar-refractivity contribution in [1.82, 2.24) is 14.9 Å². The first kappa shape index (κ1) is 12.8. The maximum Gasteiger partial charge on any atom is 0.146 e. The highest BCUT2D eigenvalue weighted by molar-refractivity contribution is 7.18. The number of nitrogens with one attached hydrogen (secondary N) is 1. The zero-order valence-corrected chi connectivity index (χ0v) is 12.6. The van der Waals surface area contributed by atoms with Crippen molar-refractivity contribution in [3.05, 3.63) is 16.3 Å². The molecule has 19 heavy (non-hydrogen) atoms. The van der Waals surface area contributed by atoms with Crippen LogP contribution in [0.4, 0.5) is 5.82 Å². The average Bonchev–Trinajstić information content (AvgIpc) is 2.98. The van der Waals surface area contributed by atoms with Gasteiger partial charge in [0.2, 0.25) is 0 Å². The van der Waals surface area contributed by atoms with E-state index in [1.165, 1.54) is 41.8 Å². The third-order valence-corrected chi connectivity index (χ3v) is 4.98. The standard InChI is InChI=1S/C14H20N4S/c1-9-10(2)19-14-12(9)13(15-3)16-11(17-14)8-18-6-4-5-7-18/h4-8H2,1-3H3,(H,15,16,17). The first-order valence-corrected chi connectivity index (χ1v) is 7.67. The number of anilines is 1. The Bertz CT molecular complexity index is 599. The normalized spacial score (nSPS) is 16.4. The van der Waals surface area contributed by atoms with Crippen LogP contribution in [0.5, 0.6) is 0 Å². The van der Waals surface area contributed by atoms with E-state index >= 15 is 0 Å². The van der Waals surface area contributed by atoms with Gasteiger partial charge in [0, 0.05) is 11.9 Å². The molecule has 0 saturated carbocycles. The van der Waals surface area contributed by atoms with E-state index in [0.717, 1.165) is 23.0 Å². The third kappa shape index (κ3) is 2.32. The molecule has 0 atom stereocenters. The lowest BCUT2D eigenvalue weighted by Gasteiger charge is -2.14. The van der Waals surface area contributed by atoms with E-state index in [4.69, 9.17) is 9.97 Å². The average molecular weight is 276 g/mol. The van der Waals surface area contributed by atoms with Crippen LogP contribution in [0.2, 0.25) is 0 Å². The van der Waals surface area contributed by atoms with Crippen LogP contribution in [-0.4, -0.2) is 35.0 Å². The second kappa shape index (κ2) is 5.06. The number of hydrogen-bond donors (Lipinski definition) is 1. The SMILES string of the molecule is CNc1nc(CN2CCCC2)nc2sc(C)c(C)c12. The molecule has 102 valence electrons. The summed E-state index contributed by atoms with van der Waals surface area (Å²) in [6.45, 7) is 7.54. The Labute approximate surface area is 117 Å². The lowest BCUT2D eigenvalue weighted by atomic mass is 10.2. The number of fused-ring (bicyclic) bond motifs is 1. The fraction of sp³-hybridized carbons (Fsp3) is 0.571. The molecule has 2 aromatic heterocycles. The summed E-state index contributed by atoms with van der Waals surface area (Å²) in [5, 5.41) is 4.42. The van der Waals surface area contributed by atoms with Gasteiger partial charge in [0.25, 0.3) is 0 Å². The smallest absolute Gasteiger partial charge is 0.146 e. The molecular weight excluding hydrogens is 256 g/mol. The van der Waals surface area contributed by atoms with E-state index in [9.17, 15) is 0 Å². The summed E-state index contributed by atoms with van der Waals surface area (Å²) in [6.07, 6.45) is 2.61. The van der Waals surface area contributed by atoms with Gasteiger partial charge in [0.1, 0.15) is 16.5 Å². The van der Waals surface area contributed by atoms with Crippen molar-refractivity contribution in [2.45, 2.75) is 33.2 Å². The summed E-state index contributed by atoms with van der Waals surface area (Å²) >= 11 is 1.77. The largest absolute Gasteiger partial charge is 0.372 e. The topological polar surface area (TPSA) is 41.1 Å². The number of likely N-dealkylation sites (tertiary alicyclic amines) is 1. The Balaban J connectivity index is 2.01. The molecule has 0 bridgehead atoms. The summed E-state index contributed by atoms with van der Waals surface area (Å²) in [6, 6.07) is 0. The molecule has 2 aromatic rings. The summed E-state index contributed by atoms with van der Waals surface area (Å²) < 4.78 is 0. The molecule has 1 aliphatic heterocycles. The molecule has 0 radical (unpaired) electrons. The maximum atomic E-state index is 4.75. The van der Waals surface area contributed by atoms with E-state index in [-0.39, 0.29) is 0 Å². The van der Waals surface area contributed by atoms with Crippen LogP contribution < -0.4 is 5.32 Å². The minimum atomic E-state index is 0.876. The zero-order valence-electron chi connectivity index (χ0n) is 11.8. The number of hydrogen-bond acceptors (Lipinski definition) is 5. The number of aryl methyl sites for hydroxylation is 2. The van der Waals surface area contributed by atoms with Gasteiger partial charge in [0.05, 0.1) is 11.9 Å². The monoisotopic (exact) mass is 276 g/mol. The molecule has 3 heterocycles. The number of thiophene rings is 1. The third-order valence-electron chi connectivity index (χ3n) is 3.88. The summed E-state index contributed by atoms with van der Waals surface area (Å²) in [7, 11) is 1.94. The highest BCUT2D eigenvalue weighted by Gasteiger charge is 2.17. The fourth-order valence-electron chi connectivity index (χ4n) is 2.69. The van der Waals surface area contributed by atoms with Gasteiger partial charge < -0.3 is 5.32 Å². The molecule has 1 fully saturated rings. The molecule has 3 rings (SSSR count). The van der Waals surface area contributed by atoms with Crippen LogP contribution in [0.1, 0.15) is 29.1 Å². The van der Waals surface area contributed by atoms with Gasteiger partial charge in [-0.3, -0.25) is 4.90 Å². The van der Waals surface area contributed by atoms with E-state index < -0.39 is 0 Å². The second-order valence-electron chi connectivity index (χ2n) is 5.19. The van der Waals surface area contributed by atoms with Crippen molar-refractivity contribution in [3.8, 4) is 0 Å². The van der Waals surface area contributed by atoms with Gasteiger partial charge in [0.15, 0.2) is 0 Å². The van der Waals surface area contributed by atoms with Crippen LogP contribution in [0.3, 0.4) is 0 Å². The predicted octanol–water partition coefficient (Wildman–Crippen LogP) is 2.95. The van der Waals surface area contributed by atoms with E-state index in [1.54, 1.807) is 11.3 Å².